The highest BCUT2D eigenvalue weighted by atomic mass is 32.2. The van der Waals surface area contributed by atoms with Crippen LogP contribution < -0.4 is 4.72 Å². The molecule has 17 heavy (non-hydrogen) atoms. The lowest BCUT2D eigenvalue weighted by Gasteiger charge is -2.17. The Bertz CT molecular complexity index is 477. The van der Waals surface area contributed by atoms with Gasteiger partial charge in [-0.05, 0) is 25.8 Å². The molecule has 2 N–H and O–H groups in total. The van der Waals surface area contributed by atoms with Crippen molar-refractivity contribution in [1.29, 1.82) is 0 Å². The fraction of sp³-hybridized carbons (Fsp3) is 0.636. The van der Waals surface area contributed by atoms with Gasteiger partial charge in [-0.15, -0.1) is 11.3 Å². The number of nitrogens with one attached hydrogen (secondary N) is 1. The van der Waals surface area contributed by atoms with Gasteiger partial charge in [0.1, 0.15) is 0 Å². The summed E-state index contributed by atoms with van der Waals surface area (Å²) in [5, 5.41) is 9.01. The second-order valence-electron chi connectivity index (χ2n) is 4.45. The highest BCUT2D eigenvalue weighted by Crippen LogP contribution is 2.26. The van der Waals surface area contributed by atoms with Crippen molar-refractivity contribution in [3.8, 4) is 0 Å². The van der Waals surface area contributed by atoms with E-state index in [2.05, 4.69) is 4.72 Å². The molecule has 0 fully saturated rings. The minimum Gasteiger partial charge on any atom is -0.391 e. The van der Waals surface area contributed by atoms with E-state index in [1.807, 2.05) is 20.8 Å². The van der Waals surface area contributed by atoms with Gasteiger partial charge in [0.25, 0.3) is 0 Å². The van der Waals surface area contributed by atoms with Crippen LogP contribution in [0.5, 0.6) is 0 Å². The van der Waals surface area contributed by atoms with Crippen LogP contribution in [0.2, 0.25) is 0 Å². The molecule has 0 saturated carbocycles. The molecule has 6 heteroatoms. The van der Waals surface area contributed by atoms with Gasteiger partial charge in [0.2, 0.25) is 10.0 Å². The summed E-state index contributed by atoms with van der Waals surface area (Å²) < 4.78 is 26.9. The molecule has 0 spiro atoms. The Morgan fingerprint density at radius 3 is 2.41 bits per heavy atom. The zero-order chi connectivity index (χ0) is 13.2. The summed E-state index contributed by atoms with van der Waals surface area (Å²) in [7, 11) is -3.48. The number of sulfonamides is 1. The average Bonchev–Trinajstić information content (AvgIpc) is 2.59. The van der Waals surface area contributed by atoms with E-state index in [1.54, 1.807) is 6.92 Å². The van der Waals surface area contributed by atoms with E-state index >= 15 is 0 Å². The Hall–Kier alpha value is -0.430. The predicted octanol–water partition coefficient (Wildman–Crippen LogP) is 1.87. The number of hydrogen-bond donors (Lipinski definition) is 2. The lowest BCUT2D eigenvalue weighted by Crippen LogP contribution is -2.36. The van der Waals surface area contributed by atoms with Crippen molar-refractivity contribution in [2.24, 2.45) is 5.92 Å². The summed E-state index contributed by atoms with van der Waals surface area (Å²) in [5.41, 5.74) is 0. The summed E-state index contributed by atoms with van der Waals surface area (Å²) in [6, 6.07) is 1.42. The summed E-state index contributed by atoms with van der Waals surface area (Å²) in [4.78, 5) is 1.65. The summed E-state index contributed by atoms with van der Waals surface area (Å²) >= 11 is 1.31. The van der Waals surface area contributed by atoms with Gasteiger partial charge in [-0.1, -0.05) is 13.8 Å². The van der Waals surface area contributed by atoms with Crippen LogP contribution >= 0.6 is 11.3 Å². The fourth-order valence-electron chi connectivity index (χ4n) is 1.31. The van der Waals surface area contributed by atoms with Gasteiger partial charge < -0.3 is 5.11 Å². The predicted molar refractivity (Wildman–Crippen MR) is 69.6 cm³/mol. The minimum absolute atomic E-state index is 0.114. The molecule has 0 amide bonds. The SMILES string of the molecule is Cc1sc(CO)cc1S(=O)(=O)NC(C)C(C)C. The van der Waals surface area contributed by atoms with Gasteiger partial charge >= 0.3 is 0 Å². The van der Waals surface area contributed by atoms with Crippen LogP contribution in [0.4, 0.5) is 0 Å². The molecule has 0 aliphatic heterocycles. The lowest BCUT2D eigenvalue weighted by molar-refractivity contribution is 0.285. The average molecular weight is 277 g/mol. The Labute approximate surface area is 107 Å². The maximum atomic E-state index is 12.1. The molecular formula is C11H19NO3S2. The third kappa shape index (κ3) is 3.51. The molecule has 1 unspecified atom stereocenters. The molecule has 98 valence electrons. The normalized spacial score (nSPS) is 14.2. The number of thiophene rings is 1. The molecule has 0 saturated heterocycles. The maximum Gasteiger partial charge on any atom is 0.241 e. The van der Waals surface area contributed by atoms with E-state index in [0.29, 0.717) is 9.75 Å². The Kier molecular flexibility index (Phi) is 4.71. The number of hydrogen-bond acceptors (Lipinski definition) is 4. The minimum atomic E-state index is -3.48. The van der Waals surface area contributed by atoms with Crippen molar-refractivity contribution in [1.82, 2.24) is 4.72 Å². The number of rotatable bonds is 5. The van der Waals surface area contributed by atoms with Crippen molar-refractivity contribution < 1.29 is 13.5 Å². The van der Waals surface area contributed by atoms with Gasteiger partial charge in [0.15, 0.2) is 0 Å². The zero-order valence-corrected chi connectivity index (χ0v) is 12.2. The molecule has 1 aromatic heterocycles. The molecule has 1 heterocycles. The third-order valence-corrected chi connectivity index (χ3v) is 5.56. The van der Waals surface area contributed by atoms with Crippen molar-refractivity contribution >= 4 is 21.4 Å². The molecule has 1 aromatic rings. The second-order valence-corrected chi connectivity index (χ2v) is 7.47. The Morgan fingerprint density at radius 2 is 2.00 bits per heavy atom. The standard InChI is InChI=1S/C11H19NO3S2/c1-7(2)8(3)12-17(14,15)11-5-10(6-13)16-9(11)4/h5,7-8,12-13H,6H2,1-4H3. The fourth-order valence-corrected chi connectivity index (χ4v) is 4.20. The van der Waals surface area contributed by atoms with E-state index in [1.165, 1.54) is 17.4 Å². The van der Waals surface area contributed by atoms with Crippen LogP contribution in [0, 0.1) is 12.8 Å². The molecule has 0 aliphatic rings. The molecule has 1 atom stereocenters. The van der Waals surface area contributed by atoms with E-state index in [9.17, 15) is 8.42 Å². The van der Waals surface area contributed by atoms with Gasteiger partial charge in [-0.25, -0.2) is 13.1 Å². The Balaban J connectivity index is 3.01. The molecule has 0 aromatic carbocycles. The van der Waals surface area contributed by atoms with Crippen LogP contribution in [-0.2, 0) is 16.6 Å². The topological polar surface area (TPSA) is 66.4 Å². The molecule has 0 aliphatic carbocycles. The van der Waals surface area contributed by atoms with Crippen LogP contribution in [0.3, 0.4) is 0 Å². The highest BCUT2D eigenvalue weighted by molar-refractivity contribution is 7.89. The zero-order valence-electron chi connectivity index (χ0n) is 10.5. The van der Waals surface area contributed by atoms with Gasteiger partial charge in [0, 0.05) is 15.8 Å². The summed E-state index contributed by atoms with van der Waals surface area (Å²) in [5.74, 6) is 0.237. The van der Waals surface area contributed by atoms with Gasteiger partial charge in [-0.2, -0.15) is 0 Å². The number of aliphatic hydroxyl groups is 1. The van der Waals surface area contributed by atoms with Crippen molar-refractivity contribution in [3.63, 3.8) is 0 Å². The van der Waals surface area contributed by atoms with E-state index in [4.69, 9.17) is 5.11 Å². The van der Waals surface area contributed by atoms with Crippen LogP contribution in [0.25, 0.3) is 0 Å². The van der Waals surface area contributed by atoms with Gasteiger partial charge in [0.05, 0.1) is 11.5 Å². The summed E-state index contributed by atoms with van der Waals surface area (Å²) in [6.07, 6.45) is 0. The van der Waals surface area contributed by atoms with Crippen LogP contribution in [0.15, 0.2) is 11.0 Å². The van der Waals surface area contributed by atoms with E-state index in [0.717, 1.165) is 0 Å². The smallest absolute Gasteiger partial charge is 0.241 e. The lowest BCUT2D eigenvalue weighted by atomic mass is 10.1. The quantitative estimate of drug-likeness (QED) is 0.863. The van der Waals surface area contributed by atoms with Crippen molar-refractivity contribution in [2.75, 3.05) is 0 Å². The second kappa shape index (κ2) is 5.48. The monoisotopic (exact) mass is 277 g/mol. The first-order valence-corrected chi connectivity index (χ1v) is 7.80. The molecule has 0 radical (unpaired) electrons. The Morgan fingerprint density at radius 1 is 1.41 bits per heavy atom. The molecular weight excluding hydrogens is 258 g/mol. The first kappa shape index (κ1) is 14.6. The third-order valence-electron chi connectivity index (χ3n) is 2.71. The summed E-state index contributed by atoms with van der Waals surface area (Å²) in [6.45, 7) is 7.40. The first-order valence-electron chi connectivity index (χ1n) is 5.50. The van der Waals surface area contributed by atoms with Crippen molar-refractivity contribution in [3.05, 3.63) is 15.8 Å². The number of aryl methyl sites for hydroxylation is 1. The molecule has 4 nitrogen and oxygen atoms in total. The van der Waals surface area contributed by atoms with Gasteiger partial charge in [-0.3, -0.25) is 0 Å². The first-order chi connectivity index (χ1) is 7.77. The van der Waals surface area contributed by atoms with Crippen LogP contribution in [-0.4, -0.2) is 19.6 Å². The largest absolute Gasteiger partial charge is 0.391 e. The van der Waals surface area contributed by atoms with E-state index in [-0.39, 0.29) is 23.5 Å². The van der Waals surface area contributed by atoms with Crippen LogP contribution in [0.1, 0.15) is 30.5 Å². The number of aliphatic hydroxyl groups excluding tert-OH is 1. The van der Waals surface area contributed by atoms with E-state index < -0.39 is 10.0 Å². The molecule has 0 bridgehead atoms. The highest BCUT2D eigenvalue weighted by Gasteiger charge is 2.22. The molecule has 1 rings (SSSR count). The van der Waals surface area contributed by atoms with Crippen molar-refractivity contribution in [2.45, 2.75) is 45.2 Å². The maximum absolute atomic E-state index is 12.1.